The highest BCUT2D eigenvalue weighted by Crippen LogP contribution is 2.11. The first-order valence-corrected chi connectivity index (χ1v) is 4.79. The van der Waals surface area contributed by atoms with Crippen LogP contribution in [0.5, 0.6) is 0 Å². The number of aryl methyl sites for hydroxylation is 1. The van der Waals surface area contributed by atoms with Gasteiger partial charge in [-0.05, 0) is 25.1 Å². The van der Waals surface area contributed by atoms with Gasteiger partial charge >= 0.3 is 0 Å². The van der Waals surface area contributed by atoms with E-state index in [-0.39, 0.29) is 0 Å². The Balaban J connectivity index is 2.27. The van der Waals surface area contributed by atoms with Crippen LogP contribution in [0.3, 0.4) is 0 Å². The third-order valence-electron chi connectivity index (χ3n) is 2.36. The minimum Gasteiger partial charge on any atom is -0.235 e. The van der Waals surface area contributed by atoms with Crippen molar-refractivity contribution in [3.8, 4) is 0 Å². The molecule has 0 spiro atoms. The van der Waals surface area contributed by atoms with Gasteiger partial charge in [0, 0.05) is 6.20 Å². The van der Waals surface area contributed by atoms with Crippen molar-refractivity contribution in [1.82, 2.24) is 19.5 Å². The SMILES string of the molecule is Cc1ccn(-n2cnc3ccccc32)n1. The number of hydrogen-bond acceptors (Lipinski definition) is 2. The second kappa shape index (κ2) is 2.95. The summed E-state index contributed by atoms with van der Waals surface area (Å²) >= 11 is 0. The van der Waals surface area contributed by atoms with Crippen LogP contribution >= 0.6 is 0 Å². The Morgan fingerprint density at radius 1 is 1.13 bits per heavy atom. The number of fused-ring (bicyclic) bond motifs is 1. The molecule has 0 amide bonds. The molecule has 2 aromatic heterocycles. The fraction of sp³-hybridized carbons (Fsp3) is 0.0909. The predicted molar refractivity (Wildman–Crippen MR) is 57.5 cm³/mol. The number of aromatic nitrogens is 4. The fourth-order valence-corrected chi connectivity index (χ4v) is 1.63. The minimum absolute atomic E-state index is 0.977. The maximum Gasteiger partial charge on any atom is 0.118 e. The van der Waals surface area contributed by atoms with Crippen molar-refractivity contribution >= 4 is 11.0 Å². The highest BCUT2D eigenvalue weighted by molar-refractivity contribution is 5.74. The first kappa shape index (κ1) is 8.23. The number of para-hydroxylation sites is 2. The summed E-state index contributed by atoms with van der Waals surface area (Å²) in [6.07, 6.45) is 3.70. The fourth-order valence-electron chi connectivity index (χ4n) is 1.63. The van der Waals surface area contributed by atoms with Crippen LogP contribution in [-0.2, 0) is 0 Å². The Morgan fingerprint density at radius 3 is 2.80 bits per heavy atom. The average Bonchev–Trinajstić information content (AvgIpc) is 2.83. The molecule has 0 aliphatic rings. The van der Waals surface area contributed by atoms with Gasteiger partial charge < -0.3 is 0 Å². The molecule has 0 bridgehead atoms. The van der Waals surface area contributed by atoms with E-state index in [0.717, 1.165) is 16.7 Å². The summed E-state index contributed by atoms with van der Waals surface area (Å²) in [7, 11) is 0. The van der Waals surface area contributed by atoms with E-state index in [1.54, 1.807) is 11.1 Å². The minimum atomic E-state index is 0.977. The molecule has 0 radical (unpaired) electrons. The lowest BCUT2D eigenvalue weighted by Crippen LogP contribution is -2.07. The third kappa shape index (κ3) is 1.22. The maximum atomic E-state index is 4.34. The van der Waals surface area contributed by atoms with Gasteiger partial charge in [-0.15, -0.1) is 0 Å². The van der Waals surface area contributed by atoms with Crippen LogP contribution in [0.25, 0.3) is 11.0 Å². The van der Waals surface area contributed by atoms with Crippen molar-refractivity contribution in [3.63, 3.8) is 0 Å². The van der Waals surface area contributed by atoms with Crippen molar-refractivity contribution in [2.75, 3.05) is 0 Å². The van der Waals surface area contributed by atoms with Gasteiger partial charge in [-0.1, -0.05) is 12.1 Å². The van der Waals surface area contributed by atoms with Crippen molar-refractivity contribution in [2.24, 2.45) is 0 Å². The summed E-state index contributed by atoms with van der Waals surface area (Å²) in [6.45, 7) is 1.97. The van der Waals surface area contributed by atoms with Gasteiger partial charge in [-0.25, -0.2) is 9.66 Å². The molecular formula is C11H10N4. The van der Waals surface area contributed by atoms with Crippen molar-refractivity contribution < 1.29 is 0 Å². The zero-order valence-corrected chi connectivity index (χ0v) is 8.33. The van der Waals surface area contributed by atoms with Crippen LogP contribution in [-0.4, -0.2) is 19.5 Å². The lowest BCUT2D eigenvalue weighted by molar-refractivity contribution is 0.586. The molecule has 74 valence electrons. The standard InChI is InChI=1S/C11H10N4/c1-9-6-7-15(13-9)14-8-12-10-4-2-3-5-11(10)14/h2-8H,1H3. The second-order valence-corrected chi connectivity index (χ2v) is 3.46. The van der Waals surface area contributed by atoms with Gasteiger partial charge in [-0.2, -0.15) is 9.89 Å². The molecule has 0 fully saturated rings. The summed E-state index contributed by atoms with van der Waals surface area (Å²) in [6, 6.07) is 9.96. The summed E-state index contributed by atoms with van der Waals surface area (Å²) in [5.41, 5.74) is 3.03. The van der Waals surface area contributed by atoms with E-state index in [1.165, 1.54) is 0 Å². The Hall–Kier alpha value is -2.10. The molecule has 0 N–H and O–H groups in total. The summed E-state index contributed by atoms with van der Waals surface area (Å²) in [4.78, 5) is 6.09. The number of nitrogens with zero attached hydrogens (tertiary/aromatic N) is 4. The molecule has 0 atom stereocenters. The zero-order valence-electron chi connectivity index (χ0n) is 8.33. The molecule has 0 aliphatic heterocycles. The predicted octanol–water partition coefficient (Wildman–Crippen LogP) is 1.85. The summed E-state index contributed by atoms with van der Waals surface area (Å²) < 4.78 is 1.92. The van der Waals surface area contributed by atoms with Crippen LogP contribution in [0.4, 0.5) is 0 Å². The van der Waals surface area contributed by atoms with E-state index in [0.29, 0.717) is 0 Å². The Kier molecular flexibility index (Phi) is 1.62. The van der Waals surface area contributed by atoms with Crippen LogP contribution in [0.1, 0.15) is 5.69 Å². The molecule has 1 aromatic carbocycles. The second-order valence-electron chi connectivity index (χ2n) is 3.46. The van der Waals surface area contributed by atoms with Gasteiger partial charge in [-0.3, -0.25) is 0 Å². The highest BCUT2D eigenvalue weighted by Gasteiger charge is 2.02. The van der Waals surface area contributed by atoms with E-state index in [1.807, 2.05) is 48.1 Å². The van der Waals surface area contributed by atoms with E-state index in [4.69, 9.17) is 0 Å². The molecular weight excluding hydrogens is 188 g/mol. The van der Waals surface area contributed by atoms with Crippen molar-refractivity contribution in [1.29, 1.82) is 0 Å². The molecule has 0 aliphatic carbocycles. The average molecular weight is 198 g/mol. The number of benzene rings is 1. The van der Waals surface area contributed by atoms with E-state index in [2.05, 4.69) is 10.1 Å². The monoisotopic (exact) mass is 198 g/mol. The van der Waals surface area contributed by atoms with Gasteiger partial charge in [0.25, 0.3) is 0 Å². The summed E-state index contributed by atoms with van der Waals surface area (Å²) in [5.74, 6) is 0. The number of imidazole rings is 1. The van der Waals surface area contributed by atoms with Crippen molar-refractivity contribution in [2.45, 2.75) is 6.92 Å². The van der Waals surface area contributed by atoms with Crippen LogP contribution < -0.4 is 0 Å². The third-order valence-corrected chi connectivity index (χ3v) is 2.36. The van der Waals surface area contributed by atoms with Gasteiger partial charge in [0.05, 0.1) is 16.7 Å². The topological polar surface area (TPSA) is 35.6 Å². The Bertz CT molecular complexity index is 606. The molecule has 0 unspecified atom stereocenters. The molecule has 2 heterocycles. The quantitative estimate of drug-likeness (QED) is 0.598. The van der Waals surface area contributed by atoms with Crippen LogP contribution in [0.15, 0.2) is 42.9 Å². The summed E-state index contributed by atoms with van der Waals surface area (Å²) in [5, 5.41) is 4.34. The number of rotatable bonds is 1. The molecule has 4 nitrogen and oxygen atoms in total. The first-order chi connectivity index (χ1) is 7.34. The Labute approximate surface area is 86.8 Å². The smallest absolute Gasteiger partial charge is 0.118 e. The molecule has 4 heteroatoms. The molecule has 0 saturated heterocycles. The first-order valence-electron chi connectivity index (χ1n) is 4.79. The Morgan fingerprint density at radius 2 is 2.00 bits per heavy atom. The normalized spacial score (nSPS) is 11.0. The van der Waals surface area contributed by atoms with Crippen LogP contribution in [0, 0.1) is 6.92 Å². The molecule has 15 heavy (non-hydrogen) atoms. The van der Waals surface area contributed by atoms with Gasteiger partial charge in [0.15, 0.2) is 0 Å². The van der Waals surface area contributed by atoms with Crippen molar-refractivity contribution in [3.05, 3.63) is 48.5 Å². The van der Waals surface area contributed by atoms with E-state index in [9.17, 15) is 0 Å². The van der Waals surface area contributed by atoms with Gasteiger partial charge in [0.2, 0.25) is 0 Å². The lowest BCUT2D eigenvalue weighted by Gasteiger charge is -2.02. The largest absolute Gasteiger partial charge is 0.235 e. The molecule has 3 aromatic rings. The molecule has 0 saturated carbocycles. The lowest BCUT2D eigenvalue weighted by atomic mass is 10.3. The zero-order chi connectivity index (χ0) is 10.3. The van der Waals surface area contributed by atoms with E-state index >= 15 is 0 Å². The van der Waals surface area contributed by atoms with Crippen LogP contribution in [0.2, 0.25) is 0 Å². The molecule has 3 rings (SSSR count). The van der Waals surface area contributed by atoms with Gasteiger partial charge in [0.1, 0.15) is 6.33 Å². The highest BCUT2D eigenvalue weighted by atomic mass is 15.6. The van der Waals surface area contributed by atoms with E-state index < -0.39 is 0 Å². The number of hydrogen-bond donors (Lipinski definition) is 0. The maximum absolute atomic E-state index is 4.34.